The van der Waals surface area contributed by atoms with Crippen LogP contribution in [0.5, 0.6) is 6.01 Å². The summed E-state index contributed by atoms with van der Waals surface area (Å²) < 4.78 is 100. The van der Waals surface area contributed by atoms with Crippen molar-refractivity contribution in [1.82, 2.24) is 14.9 Å². The number of ether oxygens (including phenoxy) is 4. The van der Waals surface area contributed by atoms with Crippen LogP contribution in [-0.4, -0.2) is 95.5 Å². The second kappa shape index (κ2) is 13.9. The Kier molecular flexibility index (Phi) is 9.66. The van der Waals surface area contributed by atoms with Crippen molar-refractivity contribution in [2.75, 3.05) is 50.2 Å². The molecule has 19 heteroatoms. The number of piperazine rings is 1. The van der Waals surface area contributed by atoms with Crippen LogP contribution in [0.15, 0.2) is 18.2 Å². The Balaban J connectivity index is 1.44. The summed E-state index contributed by atoms with van der Waals surface area (Å²) in [5.74, 6) is -2.49. The standard InChI is InChI=1S/C36H35F5N6O7S/c1-34(2,3)54-32(48)45-30-21(12-42)24-19(7-8-23(37)28(24)55-30)25-22(36(39,40)41)11-20-27(26(25)38)43-31(53-16-35(51-4)9-10-52-15-35)44-29(20)46-13-17-5-6-18(14-46)47(17)33(49)50/h7-8,11,17-18H,5-6,9-10,13-16H2,1-4H3,(H,45,48)(H,49,50). The van der Waals surface area contributed by atoms with Gasteiger partial charge in [0.1, 0.15) is 46.0 Å². The molecule has 2 bridgehead atoms. The van der Waals surface area contributed by atoms with Gasteiger partial charge in [0, 0.05) is 49.6 Å². The van der Waals surface area contributed by atoms with Crippen LogP contribution in [0, 0.1) is 23.0 Å². The highest BCUT2D eigenvalue weighted by Gasteiger charge is 2.45. The Hall–Kier alpha value is -5.06. The number of carbonyl (C=O) groups is 2. The normalized spacial score (nSPS) is 21.3. The number of carbonyl (C=O) groups excluding carboxylic acids is 1. The molecule has 13 nitrogen and oxygen atoms in total. The van der Waals surface area contributed by atoms with E-state index < -0.39 is 81.1 Å². The number of halogens is 5. The number of nitrogens with zero attached hydrogens (tertiary/aromatic N) is 5. The summed E-state index contributed by atoms with van der Waals surface area (Å²) in [6.07, 6.45) is -5.86. The van der Waals surface area contributed by atoms with Crippen LogP contribution in [0.4, 0.5) is 42.4 Å². The number of hydrogen-bond acceptors (Lipinski definition) is 11. The van der Waals surface area contributed by atoms with Gasteiger partial charge in [-0.05, 0) is 51.3 Å². The number of benzene rings is 2. The van der Waals surface area contributed by atoms with E-state index in [-0.39, 0.29) is 58.6 Å². The van der Waals surface area contributed by atoms with E-state index in [0.29, 0.717) is 43.3 Å². The quantitative estimate of drug-likeness (QED) is 0.178. The number of thiophene rings is 1. The third kappa shape index (κ3) is 7.02. The van der Waals surface area contributed by atoms with Crippen molar-refractivity contribution in [2.45, 2.75) is 69.5 Å². The minimum atomic E-state index is -5.20. The average molecular weight is 791 g/mol. The number of aromatic nitrogens is 2. The van der Waals surface area contributed by atoms with Gasteiger partial charge in [-0.15, -0.1) is 11.3 Å². The van der Waals surface area contributed by atoms with Crippen molar-refractivity contribution in [2.24, 2.45) is 0 Å². The number of hydrogen-bond donors (Lipinski definition) is 2. The van der Waals surface area contributed by atoms with Crippen molar-refractivity contribution < 1.29 is 55.6 Å². The maximum atomic E-state index is 17.3. The molecule has 292 valence electrons. The summed E-state index contributed by atoms with van der Waals surface area (Å²) in [4.78, 5) is 36.4. The number of alkyl halides is 3. The molecule has 2 amide bonds. The molecule has 3 aliphatic heterocycles. The molecular weight excluding hydrogens is 755 g/mol. The molecule has 2 N–H and O–H groups in total. The third-order valence-corrected chi connectivity index (χ3v) is 11.1. The molecule has 3 atom stereocenters. The SMILES string of the molecule is COC1(COc2nc(N3CC4CCC(C3)N4C(=O)O)c3cc(C(F)(F)F)c(-c4ccc(F)c5sc(NC(=O)OC(C)(C)C)c(C#N)c45)c(F)c3n2)CCOC1. The molecular formula is C36H35F5N6O7S. The van der Waals surface area contributed by atoms with E-state index in [1.807, 2.05) is 6.07 Å². The van der Waals surface area contributed by atoms with E-state index in [0.717, 1.165) is 12.1 Å². The van der Waals surface area contributed by atoms with Crippen molar-refractivity contribution in [3.8, 4) is 23.2 Å². The van der Waals surface area contributed by atoms with E-state index in [4.69, 9.17) is 18.9 Å². The molecule has 3 saturated heterocycles. The van der Waals surface area contributed by atoms with Crippen LogP contribution in [-0.2, 0) is 20.4 Å². The molecule has 55 heavy (non-hydrogen) atoms. The number of nitriles is 1. The summed E-state index contributed by atoms with van der Waals surface area (Å²) in [6, 6.07) is 2.94. The Bertz CT molecular complexity index is 2230. The first-order chi connectivity index (χ1) is 25.9. The van der Waals surface area contributed by atoms with Gasteiger partial charge in [-0.25, -0.2) is 18.4 Å². The minimum absolute atomic E-state index is 0.0569. The van der Waals surface area contributed by atoms with Gasteiger partial charge < -0.3 is 29.0 Å². The summed E-state index contributed by atoms with van der Waals surface area (Å²) in [6.45, 7) is 5.29. The first kappa shape index (κ1) is 38.2. The van der Waals surface area contributed by atoms with Crippen LogP contribution in [0.1, 0.15) is 51.2 Å². The van der Waals surface area contributed by atoms with Gasteiger partial charge in [0.15, 0.2) is 5.82 Å². The molecule has 0 saturated carbocycles. The third-order valence-electron chi connectivity index (χ3n) is 9.95. The highest BCUT2D eigenvalue weighted by atomic mass is 32.1. The highest BCUT2D eigenvalue weighted by Crippen LogP contribution is 2.49. The molecule has 4 aromatic rings. The summed E-state index contributed by atoms with van der Waals surface area (Å²) >= 11 is 0.580. The molecule has 0 radical (unpaired) electrons. The molecule has 3 fully saturated rings. The molecule has 3 unspecified atom stereocenters. The van der Waals surface area contributed by atoms with Crippen LogP contribution in [0.25, 0.3) is 32.1 Å². The lowest BCUT2D eigenvalue weighted by Crippen LogP contribution is -2.55. The Morgan fingerprint density at radius 1 is 1.16 bits per heavy atom. The number of amides is 2. The average Bonchev–Trinajstić information content (AvgIpc) is 3.81. The lowest BCUT2D eigenvalue weighted by atomic mass is 9.92. The van der Waals surface area contributed by atoms with Crippen LogP contribution in [0.3, 0.4) is 0 Å². The lowest BCUT2D eigenvalue weighted by molar-refractivity contribution is -0.137. The zero-order valence-corrected chi connectivity index (χ0v) is 30.8. The van der Waals surface area contributed by atoms with Crippen molar-refractivity contribution in [3.05, 3.63) is 41.0 Å². The topological polar surface area (TPSA) is 159 Å². The number of methoxy groups -OCH3 is 1. The van der Waals surface area contributed by atoms with E-state index in [1.54, 1.807) is 25.7 Å². The molecule has 2 aromatic heterocycles. The zero-order valence-electron chi connectivity index (χ0n) is 30.0. The summed E-state index contributed by atoms with van der Waals surface area (Å²) in [7, 11) is 1.46. The molecule has 3 aliphatic rings. The van der Waals surface area contributed by atoms with Gasteiger partial charge in [-0.2, -0.15) is 28.4 Å². The molecule has 0 aliphatic carbocycles. The summed E-state index contributed by atoms with van der Waals surface area (Å²) in [5, 5.41) is 21.5. The second-order valence-corrected chi connectivity index (χ2v) is 15.7. The van der Waals surface area contributed by atoms with E-state index in [9.17, 15) is 20.0 Å². The lowest BCUT2D eigenvalue weighted by Gasteiger charge is -2.40. The first-order valence-corrected chi connectivity index (χ1v) is 18.0. The number of anilines is 2. The van der Waals surface area contributed by atoms with Gasteiger partial charge in [0.05, 0.1) is 34.5 Å². The largest absolute Gasteiger partial charge is 0.465 e. The van der Waals surface area contributed by atoms with Gasteiger partial charge in [-0.3, -0.25) is 10.2 Å². The highest BCUT2D eigenvalue weighted by molar-refractivity contribution is 7.23. The fraction of sp³-hybridized carbons (Fsp3) is 0.472. The van der Waals surface area contributed by atoms with Crippen molar-refractivity contribution in [3.63, 3.8) is 0 Å². The molecule has 5 heterocycles. The number of nitrogens with one attached hydrogen (secondary N) is 1. The van der Waals surface area contributed by atoms with Crippen molar-refractivity contribution >= 4 is 55.3 Å². The first-order valence-electron chi connectivity index (χ1n) is 17.2. The summed E-state index contributed by atoms with van der Waals surface area (Å²) in [5.41, 5.74) is -5.79. The Morgan fingerprint density at radius 2 is 1.87 bits per heavy atom. The van der Waals surface area contributed by atoms with Crippen LogP contribution >= 0.6 is 11.3 Å². The predicted molar refractivity (Wildman–Crippen MR) is 189 cm³/mol. The fourth-order valence-electron chi connectivity index (χ4n) is 7.46. The van der Waals surface area contributed by atoms with Gasteiger partial charge in [0.25, 0.3) is 0 Å². The molecule has 0 spiro atoms. The number of fused-ring (bicyclic) bond motifs is 4. The van der Waals surface area contributed by atoms with E-state index in [1.165, 1.54) is 12.0 Å². The van der Waals surface area contributed by atoms with Gasteiger partial charge in [0.2, 0.25) is 0 Å². The van der Waals surface area contributed by atoms with Gasteiger partial charge >= 0.3 is 24.4 Å². The monoisotopic (exact) mass is 790 g/mol. The van der Waals surface area contributed by atoms with Crippen LogP contribution in [0.2, 0.25) is 0 Å². The fourth-order valence-corrected chi connectivity index (χ4v) is 8.53. The Labute approximate surface area is 314 Å². The number of carboxylic acid groups (broad SMARTS) is 1. The maximum Gasteiger partial charge on any atom is 0.417 e. The molecule has 7 rings (SSSR count). The maximum absolute atomic E-state index is 17.3. The predicted octanol–water partition coefficient (Wildman–Crippen LogP) is 7.54. The van der Waals surface area contributed by atoms with Gasteiger partial charge in [-0.1, -0.05) is 6.07 Å². The molecule has 2 aromatic carbocycles. The second-order valence-electron chi connectivity index (χ2n) is 14.6. The smallest absolute Gasteiger partial charge is 0.417 e. The van der Waals surface area contributed by atoms with E-state index >= 15 is 22.0 Å². The minimum Gasteiger partial charge on any atom is -0.465 e. The zero-order chi connectivity index (χ0) is 39.6. The Morgan fingerprint density at radius 3 is 2.45 bits per heavy atom. The van der Waals surface area contributed by atoms with Crippen molar-refractivity contribution in [1.29, 1.82) is 5.26 Å². The van der Waals surface area contributed by atoms with E-state index in [2.05, 4.69) is 15.3 Å². The number of rotatable bonds is 7. The van der Waals surface area contributed by atoms with Crippen LogP contribution < -0.4 is 15.0 Å².